The molecule has 1 fully saturated rings. The molecule has 2 heterocycles. The molecule has 0 saturated carbocycles. The zero-order chi connectivity index (χ0) is 52.4. The highest BCUT2D eigenvalue weighted by atomic mass is 16.6. The van der Waals surface area contributed by atoms with Crippen molar-refractivity contribution in [3.63, 3.8) is 0 Å². The number of aromatic amines is 1. The zero-order valence-corrected chi connectivity index (χ0v) is 41.0. The Balaban J connectivity index is 1.88. The summed E-state index contributed by atoms with van der Waals surface area (Å²) in [5, 5.41) is 43.3. The van der Waals surface area contributed by atoms with Crippen LogP contribution in [0, 0.1) is 23.2 Å². The lowest BCUT2D eigenvalue weighted by Crippen LogP contribution is -2.61. The molecule has 1 aliphatic heterocycles. The summed E-state index contributed by atoms with van der Waals surface area (Å²) in [6.45, 7) is 12.0. The van der Waals surface area contributed by atoms with E-state index in [-0.39, 0.29) is 56.7 Å². The number of hydrogen-bond acceptors (Lipinski definition) is 14. The SMILES string of the molecule is CC[C@H](C)[C@H](NC(=O)[C@H](Cc1ccc(O)cc1)NC(=O)[C@@H](NC(=O)[C@@H](N)CCC(NC(=N)N)C(=O)C(C)ON)C(C)C)C(=O)N[C@@H](Cc1c[nH]cn1)C(=O)N1CCC[C@H]1C(=O)N[C@@H](CC(C)C)C(=O)O. The van der Waals surface area contributed by atoms with E-state index >= 15 is 0 Å². The standard InChI is InChI=1S/C46H73N13O11/c1-8-25(6)37(43(66)54-33(20-28-21-51-22-52-28)44(67)59-17-9-10-35(59)41(64)55-34(45(68)69)18-23(2)3)58-40(63)32(19-27-11-13-29(60)14-12-27)53-42(65)36(24(4)5)57-39(62)30(47)15-16-31(56-46(48)49)38(61)26(7)70-50/h11-14,21-26,30-37,60H,8-10,15-20,47,50H2,1-7H3,(H,51,52)(H,53,65)(H,54,66)(H,55,64)(H,57,62)(H,58,63)(H,68,69)(H4,48,49,56)/t25-,26?,30-,31?,32-,33-,34-,35-,36-,37-/m0/s1. The Morgan fingerprint density at radius 1 is 0.829 bits per heavy atom. The summed E-state index contributed by atoms with van der Waals surface area (Å²) in [5.41, 5.74) is 12.6. The number of hydrogen-bond donors (Lipinski definition) is 13. The summed E-state index contributed by atoms with van der Waals surface area (Å²) in [7, 11) is 0. The maximum Gasteiger partial charge on any atom is 0.326 e. The van der Waals surface area contributed by atoms with Gasteiger partial charge in [0, 0.05) is 25.6 Å². The molecule has 0 bridgehead atoms. The van der Waals surface area contributed by atoms with Gasteiger partial charge in [-0.25, -0.2) is 15.7 Å². The number of nitrogens with two attached hydrogens (primary N) is 3. The van der Waals surface area contributed by atoms with Crippen molar-refractivity contribution in [1.29, 1.82) is 5.41 Å². The van der Waals surface area contributed by atoms with E-state index in [1.807, 2.05) is 13.8 Å². The van der Waals surface area contributed by atoms with Crippen LogP contribution < -0.4 is 49.3 Å². The van der Waals surface area contributed by atoms with Gasteiger partial charge in [-0.2, -0.15) is 0 Å². The van der Waals surface area contributed by atoms with Gasteiger partial charge in [-0.05, 0) is 74.5 Å². The van der Waals surface area contributed by atoms with E-state index in [4.69, 9.17) is 22.8 Å². The molecule has 2 unspecified atom stereocenters. The van der Waals surface area contributed by atoms with Gasteiger partial charge < -0.3 is 63.5 Å². The Hall–Kier alpha value is -6.66. The number of benzene rings is 1. The first-order chi connectivity index (χ1) is 33.0. The quantitative estimate of drug-likeness (QED) is 0.0275. The number of aromatic nitrogens is 2. The molecule has 0 aliphatic carbocycles. The van der Waals surface area contributed by atoms with Crippen molar-refractivity contribution < 1.29 is 53.4 Å². The number of amides is 6. The highest BCUT2D eigenvalue weighted by Crippen LogP contribution is 2.21. The number of rotatable bonds is 28. The lowest BCUT2D eigenvalue weighted by Gasteiger charge is -2.32. The van der Waals surface area contributed by atoms with Gasteiger partial charge >= 0.3 is 5.97 Å². The third kappa shape index (κ3) is 17.4. The Labute approximate surface area is 407 Å². The fraction of sp³-hybridized carbons (Fsp3) is 0.609. The summed E-state index contributed by atoms with van der Waals surface area (Å²) in [6.07, 6.45) is 2.75. The van der Waals surface area contributed by atoms with Crippen molar-refractivity contribution in [2.75, 3.05) is 6.54 Å². The van der Waals surface area contributed by atoms with Crippen molar-refractivity contribution in [2.24, 2.45) is 35.1 Å². The van der Waals surface area contributed by atoms with Crippen LogP contribution in [0.2, 0.25) is 0 Å². The summed E-state index contributed by atoms with van der Waals surface area (Å²) in [6, 6.07) is -3.77. The maximum atomic E-state index is 14.5. The first-order valence-electron chi connectivity index (χ1n) is 23.5. The number of likely N-dealkylation sites (tertiary alicyclic amines) is 1. The Morgan fingerprint density at radius 3 is 2.01 bits per heavy atom. The number of phenols is 1. The van der Waals surface area contributed by atoms with Gasteiger partial charge in [0.15, 0.2) is 11.7 Å². The van der Waals surface area contributed by atoms with E-state index in [0.29, 0.717) is 24.1 Å². The van der Waals surface area contributed by atoms with E-state index < -0.39 is 119 Å². The highest BCUT2D eigenvalue weighted by Gasteiger charge is 2.41. The number of nitrogens with zero attached hydrogens (tertiary/aromatic N) is 2. The predicted octanol–water partition coefficient (Wildman–Crippen LogP) is -1.04. The van der Waals surface area contributed by atoms with Crippen LogP contribution in [0.25, 0.3) is 0 Å². The highest BCUT2D eigenvalue weighted by molar-refractivity contribution is 5.98. The van der Waals surface area contributed by atoms with Crippen LogP contribution in [-0.2, 0) is 56.0 Å². The third-order valence-corrected chi connectivity index (χ3v) is 12.2. The number of guanidine groups is 1. The second-order valence-corrected chi connectivity index (χ2v) is 18.6. The van der Waals surface area contributed by atoms with E-state index in [2.05, 4.69) is 46.7 Å². The monoisotopic (exact) mass is 984 g/mol. The molecule has 1 saturated heterocycles. The Bertz CT molecular complexity index is 2100. The second-order valence-electron chi connectivity index (χ2n) is 18.6. The lowest BCUT2D eigenvalue weighted by atomic mass is 9.96. The van der Waals surface area contributed by atoms with E-state index in [1.54, 1.807) is 46.0 Å². The number of aliphatic carboxylic acids is 1. The van der Waals surface area contributed by atoms with E-state index in [0.717, 1.165) is 0 Å². The minimum atomic E-state index is -1.37. The molecule has 10 atom stereocenters. The molecule has 6 amide bonds. The molecule has 0 radical (unpaired) electrons. The number of aromatic hydroxyl groups is 1. The van der Waals surface area contributed by atoms with Gasteiger partial charge in [-0.1, -0.05) is 60.1 Å². The molecule has 16 N–H and O–H groups in total. The number of carboxylic acid groups (broad SMARTS) is 1. The van der Waals surface area contributed by atoms with Crippen molar-refractivity contribution in [3.8, 4) is 5.75 Å². The Morgan fingerprint density at radius 2 is 1.46 bits per heavy atom. The molecule has 70 heavy (non-hydrogen) atoms. The van der Waals surface area contributed by atoms with Crippen LogP contribution in [0.4, 0.5) is 0 Å². The number of carbonyl (C=O) groups excluding carboxylic acids is 7. The molecule has 1 aromatic carbocycles. The molecule has 388 valence electrons. The van der Waals surface area contributed by atoms with Crippen LogP contribution in [0.3, 0.4) is 0 Å². The number of ketones is 1. The maximum absolute atomic E-state index is 14.5. The number of nitrogens with one attached hydrogen (secondary N) is 8. The molecule has 24 heteroatoms. The molecular formula is C46H73N13O11. The fourth-order valence-electron chi connectivity index (χ4n) is 7.93. The minimum absolute atomic E-state index is 0.0410. The van der Waals surface area contributed by atoms with Crippen LogP contribution in [0.5, 0.6) is 5.75 Å². The molecular weight excluding hydrogens is 911 g/mol. The molecule has 1 aliphatic rings. The van der Waals surface area contributed by atoms with Crippen LogP contribution >= 0.6 is 0 Å². The molecule has 1 aromatic heterocycles. The smallest absolute Gasteiger partial charge is 0.326 e. The first-order valence-corrected chi connectivity index (χ1v) is 23.5. The first kappa shape index (κ1) is 57.7. The van der Waals surface area contributed by atoms with Crippen LogP contribution in [0.15, 0.2) is 36.8 Å². The third-order valence-electron chi connectivity index (χ3n) is 12.2. The average Bonchev–Trinajstić information content (AvgIpc) is 4.03. The molecule has 2 aromatic rings. The number of imidazole rings is 1. The van der Waals surface area contributed by atoms with Crippen molar-refractivity contribution in [2.45, 2.75) is 154 Å². The Kier molecular flexibility index (Phi) is 22.7. The summed E-state index contributed by atoms with van der Waals surface area (Å²) < 4.78 is 0. The number of carboxylic acids is 1. The summed E-state index contributed by atoms with van der Waals surface area (Å²) >= 11 is 0. The normalized spacial score (nSPS) is 17.4. The zero-order valence-electron chi connectivity index (χ0n) is 41.0. The lowest BCUT2D eigenvalue weighted by molar-refractivity contribution is -0.145. The molecule has 24 nitrogen and oxygen atoms in total. The summed E-state index contributed by atoms with van der Waals surface area (Å²) in [5.74, 6) is -2.57. The van der Waals surface area contributed by atoms with E-state index in [1.165, 1.54) is 30.3 Å². The molecule has 0 spiro atoms. The van der Waals surface area contributed by atoms with Crippen LogP contribution in [-0.4, -0.2) is 139 Å². The minimum Gasteiger partial charge on any atom is -0.508 e. The predicted molar refractivity (Wildman–Crippen MR) is 256 cm³/mol. The summed E-state index contributed by atoms with van der Waals surface area (Å²) in [4.78, 5) is 122. The largest absolute Gasteiger partial charge is 0.508 e. The van der Waals surface area contributed by atoms with Crippen molar-refractivity contribution in [1.82, 2.24) is 46.8 Å². The number of carbonyl (C=O) groups is 8. The van der Waals surface area contributed by atoms with Gasteiger partial charge in [0.2, 0.25) is 35.4 Å². The topological polar surface area (TPSA) is 392 Å². The van der Waals surface area contributed by atoms with E-state index in [9.17, 15) is 48.6 Å². The second kappa shape index (κ2) is 27.5. The number of Topliss-reactive ketones (excluding diaryl/α,β-unsaturated/α-hetero) is 1. The number of phenolic OH excluding ortho intramolecular Hbond substituents is 1. The van der Waals surface area contributed by atoms with Crippen molar-refractivity contribution >= 4 is 53.2 Å². The fourth-order valence-corrected chi connectivity index (χ4v) is 7.93. The van der Waals surface area contributed by atoms with Gasteiger partial charge in [0.1, 0.15) is 48.1 Å². The van der Waals surface area contributed by atoms with Crippen LogP contribution in [0.1, 0.15) is 98.2 Å². The van der Waals surface area contributed by atoms with Gasteiger partial charge in [-0.15, -0.1) is 0 Å². The van der Waals surface area contributed by atoms with Gasteiger partial charge in [0.25, 0.3) is 0 Å². The molecule has 3 rings (SSSR count). The average molecular weight is 984 g/mol. The van der Waals surface area contributed by atoms with Gasteiger partial charge in [0.05, 0.1) is 24.1 Å². The van der Waals surface area contributed by atoms with Gasteiger partial charge in [-0.3, -0.25) is 43.8 Å². The number of H-pyrrole nitrogens is 1. The van der Waals surface area contributed by atoms with Crippen molar-refractivity contribution in [3.05, 3.63) is 48.0 Å².